The second-order valence-corrected chi connectivity index (χ2v) is 8.65. The summed E-state index contributed by atoms with van der Waals surface area (Å²) in [5.74, 6) is -1.77. The number of anilines is 1. The summed E-state index contributed by atoms with van der Waals surface area (Å²) in [6.45, 7) is 0. The largest absolute Gasteiger partial charge is 0.280 e. The van der Waals surface area contributed by atoms with Crippen LogP contribution < -0.4 is 15.6 Å². The summed E-state index contributed by atoms with van der Waals surface area (Å²) in [6, 6.07) is 16.6. The number of benzene rings is 3. The zero-order valence-electron chi connectivity index (χ0n) is 15.2. The maximum Gasteiger partial charge on any atom is 0.269 e. The van der Waals surface area contributed by atoms with Crippen molar-refractivity contribution in [3.05, 3.63) is 94.2 Å². The average molecular weight is 492 g/mol. The first-order chi connectivity index (χ1) is 14.2. The Hall–Kier alpha value is -3.24. The molecule has 7 nitrogen and oxygen atoms in total. The summed E-state index contributed by atoms with van der Waals surface area (Å²) in [5, 5.41) is 0. The third-order valence-electron chi connectivity index (χ3n) is 3.90. The number of hydrazine groups is 1. The van der Waals surface area contributed by atoms with E-state index in [0.717, 1.165) is 16.6 Å². The quantitative estimate of drug-likeness (QED) is 0.475. The van der Waals surface area contributed by atoms with E-state index in [0.29, 0.717) is 0 Å². The minimum atomic E-state index is -3.84. The predicted molar refractivity (Wildman–Crippen MR) is 113 cm³/mol. The molecule has 0 aromatic heterocycles. The van der Waals surface area contributed by atoms with Gasteiger partial charge in [0.25, 0.3) is 21.8 Å². The third kappa shape index (κ3) is 5.43. The number of carbonyl (C=O) groups is 2. The van der Waals surface area contributed by atoms with E-state index >= 15 is 0 Å². The van der Waals surface area contributed by atoms with Crippen molar-refractivity contribution in [2.45, 2.75) is 4.90 Å². The van der Waals surface area contributed by atoms with Crippen molar-refractivity contribution in [2.24, 2.45) is 0 Å². The van der Waals surface area contributed by atoms with Gasteiger partial charge in [0.2, 0.25) is 0 Å². The van der Waals surface area contributed by atoms with Crippen LogP contribution in [0.5, 0.6) is 0 Å². The van der Waals surface area contributed by atoms with Gasteiger partial charge in [-0.2, -0.15) is 0 Å². The van der Waals surface area contributed by atoms with Gasteiger partial charge in [0, 0.05) is 21.3 Å². The van der Waals surface area contributed by atoms with Crippen molar-refractivity contribution in [1.29, 1.82) is 0 Å². The van der Waals surface area contributed by atoms with Gasteiger partial charge in [0.1, 0.15) is 5.82 Å². The van der Waals surface area contributed by atoms with Gasteiger partial charge in [0.05, 0.1) is 4.90 Å². The maximum absolute atomic E-state index is 12.9. The molecule has 0 bridgehead atoms. The molecular formula is C20H15BrFN3O4S. The van der Waals surface area contributed by atoms with Crippen LogP contribution in [0.2, 0.25) is 0 Å². The van der Waals surface area contributed by atoms with Gasteiger partial charge in [-0.3, -0.25) is 25.2 Å². The van der Waals surface area contributed by atoms with Crippen LogP contribution in [0.25, 0.3) is 0 Å². The van der Waals surface area contributed by atoms with Crippen LogP contribution in [-0.2, 0) is 10.0 Å². The van der Waals surface area contributed by atoms with Gasteiger partial charge in [-0.25, -0.2) is 12.8 Å². The van der Waals surface area contributed by atoms with Crippen molar-refractivity contribution in [2.75, 3.05) is 4.72 Å². The van der Waals surface area contributed by atoms with Crippen molar-refractivity contribution in [1.82, 2.24) is 10.9 Å². The second kappa shape index (κ2) is 9.06. The van der Waals surface area contributed by atoms with Crippen molar-refractivity contribution in [3.63, 3.8) is 0 Å². The number of amides is 2. The lowest BCUT2D eigenvalue weighted by molar-refractivity contribution is 0.0846. The number of hydrogen-bond acceptors (Lipinski definition) is 4. The highest BCUT2D eigenvalue weighted by atomic mass is 79.9. The van der Waals surface area contributed by atoms with Gasteiger partial charge < -0.3 is 0 Å². The van der Waals surface area contributed by atoms with Crippen LogP contribution in [-0.4, -0.2) is 20.2 Å². The molecule has 3 rings (SSSR count). The minimum Gasteiger partial charge on any atom is -0.280 e. The van der Waals surface area contributed by atoms with Crippen molar-refractivity contribution >= 4 is 43.5 Å². The molecule has 10 heteroatoms. The summed E-state index contributed by atoms with van der Waals surface area (Å²) < 4.78 is 41.0. The summed E-state index contributed by atoms with van der Waals surface area (Å²) in [4.78, 5) is 24.3. The minimum absolute atomic E-state index is 0.0621. The fraction of sp³-hybridized carbons (Fsp3) is 0. The Kier molecular flexibility index (Phi) is 6.48. The Morgan fingerprint density at radius 3 is 2.03 bits per heavy atom. The molecule has 0 atom stereocenters. The number of rotatable bonds is 5. The first kappa shape index (κ1) is 21.5. The number of nitrogens with one attached hydrogen (secondary N) is 3. The molecule has 0 unspecified atom stereocenters. The number of sulfonamides is 1. The monoisotopic (exact) mass is 491 g/mol. The number of halogens is 2. The molecule has 0 aliphatic rings. The second-order valence-electron chi connectivity index (χ2n) is 6.06. The van der Waals surface area contributed by atoms with Crippen molar-refractivity contribution < 1.29 is 22.4 Å². The van der Waals surface area contributed by atoms with Crippen LogP contribution in [0.4, 0.5) is 10.1 Å². The molecule has 30 heavy (non-hydrogen) atoms. The molecule has 3 aromatic carbocycles. The van der Waals surface area contributed by atoms with E-state index in [4.69, 9.17) is 0 Å². The molecule has 3 N–H and O–H groups in total. The van der Waals surface area contributed by atoms with E-state index in [9.17, 15) is 22.4 Å². The van der Waals surface area contributed by atoms with Gasteiger partial charge in [0.15, 0.2) is 0 Å². The molecule has 0 radical (unpaired) electrons. The summed E-state index contributed by atoms with van der Waals surface area (Å²) in [6.07, 6.45) is 0. The molecule has 3 aromatic rings. The Morgan fingerprint density at radius 2 is 1.40 bits per heavy atom. The number of carbonyl (C=O) groups excluding carboxylic acids is 2. The highest BCUT2D eigenvalue weighted by Crippen LogP contribution is 2.19. The predicted octanol–water partition coefficient (Wildman–Crippen LogP) is 3.46. The normalized spacial score (nSPS) is 10.9. The molecule has 0 aliphatic carbocycles. The fourth-order valence-corrected chi connectivity index (χ4v) is 3.72. The first-order valence-corrected chi connectivity index (χ1v) is 10.8. The van der Waals surface area contributed by atoms with E-state index in [1.165, 1.54) is 48.5 Å². The highest BCUT2D eigenvalue weighted by molar-refractivity contribution is 9.10. The maximum atomic E-state index is 12.9. The SMILES string of the molecule is O=C(NNC(=O)c1cccc(NS(=O)(=O)c2ccc(Br)cc2)c1)c1ccc(F)cc1. The van der Waals surface area contributed by atoms with Gasteiger partial charge in [-0.05, 0) is 66.7 Å². The van der Waals surface area contributed by atoms with Crippen molar-refractivity contribution in [3.8, 4) is 0 Å². The molecular weight excluding hydrogens is 477 g/mol. The number of hydrogen-bond donors (Lipinski definition) is 3. The molecule has 2 amide bonds. The molecule has 0 spiro atoms. The van der Waals surface area contributed by atoms with E-state index in [1.54, 1.807) is 12.1 Å². The average Bonchev–Trinajstić information content (AvgIpc) is 2.72. The molecule has 0 heterocycles. The van der Waals surface area contributed by atoms with Gasteiger partial charge in [-0.15, -0.1) is 0 Å². The molecule has 0 aliphatic heterocycles. The molecule has 0 saturated carbocycles. The van der Waals surface area contributed by atoms with Gasteiger partial charge >= 0.3 is 0 Å². The first-order valence-electron chi connectivity index (χ1n) is 8.49. The molecule has 0 fully saturated rings. The Morgan fingerprint density at radius 1 is 0.800 bits per heavy atom. The zero-order valence-corrected chi connectivity index (χ0v) is 17.6. The Balaban J connectivity index is 1.67. The van der Waals surface area contributed by atoms with Gasteiger partial charge in [-0.1, -0.05) is 22.0 Å². The Bertz CT molecular complexity index is 1180. The van der Waals surface area contributed by atoms with E-state index in [-0.39, 0.29) is 21.7 Å². The van der Waals surface area contributed by atoms with E-state index in [2.05, 4.69) is 31.5 Å². The smallest absolute Gasteiger partial charge is 0.269 e. The van der Waals surface area contributed by atoms with Crippen LogP contribution in [0.1, 0.15) is 20.7 Å². The lowest BCUT2D eigenvalue weighted by Crippen LogP contribution is -2.41. The summed E-state index contributed by atoms with van der Waals surface area (Å²) >= 11 is 3.24. The standard InChI is InChI=1S/C20H15BrFN3O4S/c21-15-6-10-18(11-7-15)30(28,29)25-17-3-1-2-14(12-17)20(27)24-23-19(26)13-4-8-16(22)9-5-13/h1-12,25H,(H,23,26)(H,24,27). The van der Waals surface area contributed by atoms with Crippen LogP contribution in [0.15, 0.2) is 82.2 Å². The van der Waals surface area contributed by atoms with E-state index in [1.807, 2.05) is 0 Å². The highest BCUT2D eigenvalue weighted by Gasteiger charge is 2.15. The Labute approximate surface area is 180 Å². The third-order valence-corrected chi connectivity index (χ3v) is 5.82. The molecule has 0 saturated heterocycles. The zero-order chi connectivity index (χ0) is 21.7. The topological polar surface area (TPSA) is 104 Å². The lowest BCUT2D eigenvalue weighted by atomic mass is 10.2. The summed E-state index contributed by atoms with van der Waals surface area (Å²) in [5.41, 5.74) is 4.89. The molecule has 154 valence electrons. The van der Waals surface area contributed by atoms with E-state index < -0.39 is 27.7 Å². The summed E-state index contributed by atoms with van der Waals surface area (Å²) in [7, 11) is -3.84. The lowest BCUT2D eigenvalue weighted by Gasteiger charge is -2.11. The fourth-order valence-electron chi connectivity index (χ4n) is 2.41. The van der Waals surface area contributed by atoms with Crippen LogP contribution >= 0.6 is 15.9 Å². The van der Waals surface area contributed by atoms with Crippen LogP contribution in [0.3, 0.4) is 0 Å². The van der Waals surface area contributed by atoms with Crippen LogP contribution in [0, 0.1) is 5.82 Å².